The maximum Gasteiger partial charge on any atom is 0.313 e. The SMILES string of the molecule is C=CCCC(=O)N(C)[C@H](C)[C@H](OC(=O)[C@H]1[C@@H]2O[C@@]3(CC2Br)[C@@H]1C(=O)N([C@@H](CO)Cc1ccccc1)[C@@H]3C(=O)N(CC=C)c1ccccc1Cl)c1ccccc1. The number of esters is 1. The molecule has 0 radical (unpaired) electrons. The third kappa shape index (κ3) is 7.64. The molecule has 6 rings (SSSR count). The van der Waals surface area contributed by atoms with Crippen molar-refractivity contribution in [1.82, 2.24) is 9.80 Å². The van der Waals surface area contributed by atoms with E-state index in [1.165, 1.54) is 9.80 Å². The highest BCUT2D eigenvalue weighted by Crippen LogP contribution is 2.61. The van der Waals surface area contributed by atoms with E-state index in [4.69, 9.17) is 21.1 Å². The fourth-order valence-corrected chi connectivity index (χ4v) is 9.70. The van der Waals surface area contributed by atoms with Crippen LogP contribution in [0.4, 0.5) is 5.69 Å². The van der Waals surface area contributed by atoms with Crippen molar-refractivity contribution in [3.63, 3.8) is 0 Å². The lowest BCUT2D eigenvalue weighted by molar-refractivity contribution is -0.165. The lowest BCUT2D eigenvalue weighted by Crippen LogP contribution is -2.59. The Hall–Kier alpha value is -4.29. The molecule has 3 heterocycles. The molecule has 0 aliphatic carbocycles. The minimum atomic E-state index is -1.45. The van der Waals surface area contributed by atoms with E-state index in [1.807, 2.05) is 67.6 Å². The predicted molar refractivity (Wildman–Crippen MR) is 215 cm³/mol. The Balaban J connectivity index is 1.41. The first-order valence-electron chi connectivity index (χ1n) is 18.6. The van der Waals surface area contributed by atoms with Gasteiger partial charge in [0.05, 0.1) is 47.3 Å². The molecular weight excluding hydrogens is 786 g/mol. The number of carbonyl (C=O) groups is 4. The van der Waals surface area contributed by atoms with Crippen molar-refractivity contribution in [3.8, 4) is 0 Å². The first kappa shape index (κ1) is 40.4. The molecule has 1 N–H and O–H groups in total. The molecule has 55 heavy (non-hydrogen) atoms. The van der Waals surface area contributed by atoms with Crippen LogP contribution in [0.1, 0.15) is 43.4 Å². The summed E-state index contributed by atoms with van der Waals surface area (Å²) in [6.07, 6.45) is 2.83. The Morgan fingerprint density at radius 3 is 2.35 bits per heavy atom. The molecule has 3 aliphatic heterocycles. The van der Waals surface area contributed by atoms with Crippen molar-refractivity contribution in [2.24, 2.45) is 11.8 Å². The van der Waals surface area contributed by atoms with Crippen LogP contribution in [0.5, 0.6) is 0 Å². The number of amides is 3. The fraction of sp³-hybridized carbons (Fsp3) is 0.395. The summed E-state index contributed by atoms with van der Waals surface area (Å²) in [5, 5.41) is 11.3. The standard InChI is InChI=1S/C43H47BrClN3O7/c1-5-7-22-34(50)46(4)27(3)37(29-18-12-9-13-19-29)54-42(53)35-36-40(51)48(30(26-49)24-28-16-10-8-11-17-28)39(43(36)25-31(44)38(35)55-43)41(52)47(23-6-2)33-21-15-14-20-32(33)45/h5-6,8-21,27,30-31,35-39,49H,1-2,7,22-26H2,3-4H3/t27-,30-,31?,35-,36+,37+,38-,39-,43+/m1/s1. The Labute approximate surface area is 335 Å². The van der Waals surface area contributed by atoms with Crippen LogP contribution in [0.2, 0.25) is 5.02 Å². The van der Waals surface area contributed by atoms with Gasteiger partial charge in [-0.2, -0.15) is 0 Å². The second-order valence-corrected chi connectivity index (χ2v) is 16.0. The Bertz CT molecular complexity index is 1900. The van der Waals surface area contributed by atoms with Gasteiger partial charge in [0.15, 0.2) is 0 Å². The summed E-state index contributed by atoms with van der Waals surface area (Å²) in [7, 11) is 1.67. The lowest BCUT2D eigenvalue weighted by atomic mass is 9.70. The van der Waals surface area contributed by atoms with E-state index >= 15 is 9.59 Å². The van der Waals surface area contributed by atoms with Crippen molar-refractivity contribution >= 4 is 56.9 Å². The summed E-state index contributed by atoms with van der Waals surface area (Å²) in [6.45, 7) is 9.05. The third-order valence-electron chi connectivity index (χ3n) is 11.2. The van der Waals surface area contributed by atoms with E-state index in [2.05, 4.69) is 29.1 Å². The number of rotatable bonds is 16. The van der Waals surface area contributed by atoms with Gasteiger partial charge in [0, 0.05) is 24.8 Å². The minimum Gasteiger partial charge on any atom is -0.455 e. The van der Waals surface area contributed by atoms with Crippen LogP contribution >= 0.6 is 27.5 Å². The van der Waals surface area contributed by atoms with Gasteiger partial charge in [0.25, 0.3) is 5.91 Å². The van der Waals surface area contributed by atoms with Crippen LogP contribution in [0.15, 0.2) is 110 Å². The van der Waals surface area contributed by atoms with Gasteiger partial charge in [0.2, 0.25) is 11.8 Å². The molecule has 3 saturated heterocycles. The van der Waals surface area contributed by atoms with E-state index in [-0.39, 0.29) is 31.7 Å². The number of likely N-dealkylation sites (tertiary alicyclic amines) is 1. The minimum absolute atomic E-state index is 0.0760. The van der Waals surface area contributed by atoms with Crippen LogP contribution < -0.4 is 4.90 Å². The summed E-state index contributed by atoms with van der Waals surface area (Å²) >= 11 is 10.4. The number of nitrogens with zero attached hydrogens (tertiary/aromatic N) is 3. The maximum atomic E-state index is 15.2. The number of hydrogen-bond acceptors (Lipinski definition) is 7. The topological polar surface area (TPSA) is 117 Å². The van der Waals surface area contributed by atoms with Gasteiger partial charge < -0.3 is 29.3 Å². The molecule has 2 bridgehead atoms. The first-order chi connectivity index (χ1) is 26.5. The summed E-state index contributed by atoms with van der Waals surface area (Å²) in [5.41, 5.74) is 0.508. The highest BCUT2D eigenvalue weighted by atomic mass is 79.9. The van der Waals surface area contributed by atoms with Crippen LogP contribution in [0, 0.1) is 11.8 Å². The number of anilines is 1. The molecule has 9 atom stereocenters. The second-order valence-electron chi connectivity index (χ2n) is 14.5. The van der Waals surface area contributed by atoms with E-state index in [9.17, 15) is 14.7 Å². The molecule has 3 aromatic carbocycles. The van der Waals surface area contributed by atoms with E-state index in [1.54, 1.807) is 48.4 Å². The van der Waals surface area contributed by atoms with E-state index in [0.29, 0.717) is 22.7 Å². The molecular formula is C43H47BrClN3O7. The third-order valence-corrected chi connectivity index (χ3v) is 12.4. The largest absolute Gasteiger partial charge is 0.455 e. The summed E-state index contributed by atoms with van der Waals surface area (Å²) in [6, 6.07) is 22.9. The molecule has 3 aromatic rings. The molecule has 0 aromatic heterocycles. The smallest absolute Gasteiger partial charge is 0.313 e. The van der Waals surface area contributed by atoms with Crippen LogP contribution in [-0.2, 0) is 35.1 Å². The number of allylic oxidation sites excluding steroid dienone is 1. The first-order valence-corrected chi connectivity index (χ1v) is 19.9. The molecule has 1 unspecified atom stereocenters. The second kappa shape index (κ2) is 17.2. The number of aliphatic hydroxyl groups is 1. The van der Waals surface area contributed by atoms with Gasteiger partial charge in [-0.15, -0.1) is 13.2 Å². The van der Waals surface area contributed by atoms with Gasteiger partial charge in [0.1, 0.15) is 17.7 Å². The Morgan fingerprint density at radius 1 is 1.05 bits per heavy atom. The fourth-order valence-electron chi connectivity index (χ4n) is 8.52. The molecule has 10 nitrogen and oxygen atoms in total. The molecule has 3 amide bonds. The van der Waals surface area contributed by atoms with Crippen molar-refractivity contribution in [2.45, 2.75) is 73.4 Å². The molecule has 12 heteroatoms. The number of halogens is 2. The van der Waals surface area contributed by atoms with Crippen LogP contribution in [-0.4, -0.2) is 93.5 Å². The average Bonchev–Trinajstić information content (AvgIpc) is 3.80. The van der Waals surface area contributed by atoms with E-state index in [0.717, 1.165) is 5.56 Å². The van der Waals surface area contributed by atoms with E-state index < -0.39 is 77.0 Å². The highest BCUT2D eigenvalue weighted by Gasteiger charge is 2.77. The number of fused-ring (bicyclic) bond motifs is 1. The number of aliphatic hydroxyl groups excluding tert-OH is 1. The number of alkyl halides is 1. The van der Waals surface area contributed by atoms with Crippen molar-refractivity contribution < 1.29 is 33.8 Å². The Morgan fingerprint density at radius 2 is 1.71 bits per heavy atom. The number of hydrogen-bond donors (Lipinski definition) is 1. The van der Waals surface area contributed by atoms with Crippen LogP contribution in [0.3, 0.4) is 0 Å². The molecule has 3 fully saturated rings. The number of para-hydroxylation sites is 1. The van der Waals surface area contributed by atoms with Crippen molar-refractivity contribution in [2.75, 3.05) is 25.1 Å². The quantitative estimate of drug-likeness (QED) is 0.102. The predicted octanol–water partition coefficient (Wildman–Crippen LogP) is 6.31. The molecule has 1 spiro atoms. The van der Waals surface area contributed by atoms with Gasteiger partial charge in [-0.3, -0.25) is 19.2 Å². The normalized spacial score (nSPS) is 25.4. The molecule has 0 saturated carbocycles. The lowest BCUT2D eigenvalue weighted by Gasteiger charge is -2.39. The highest BCUT2D eigenvalue weighted by molar-refractivity contribution is 9.09. The zero-order valence-electron chi connectivity index (χ0n) is 31.0. The van der Waals surface area contributed by atoms with Gasteiger partial charge in [-0.1, -0.05) is 112 Å². The molecule has 3 aliphatic rings. The number of ether oxygens (including phenoxy) is 2. The monoisotopic (exact) mass is 831 g/mol. The van der Waals surface area contributed by atoms with Gasteiger partial charge in [-0.05, 0) is 49.4 Å². The van der Waals surface area contributed by atoms with Gasteiger partial charge >= 0.3 is 5.97 Å². The number of likely N-dealkylation sites (N-methyl/N-ethyl adjacent to an activating group) is 1. The number of benzene rings is 3. The summed E-state index contributed by atoms with van der Waals surface area (Å²) in [5.74, 6) is -3.96. The molecule has 290 valence electrons. The van der Waals surface area contributed by atoms with Gasteiger partial charge in [-0.25, -0.2) is 0 Å². The number of carbonyl (C=O) groups excluding carboxylic acids is 4. The Kier molecular flexibility index (Phi) is 12.7. The summed E-state index contributed by atoms with van der Waals surface area (Å²) in [4.78, 5) is 62.2. The average molecular weight is 833 g/mol. The summed E-state index contributed by atoms with van der Waals surface area (Å²) < 4.78 is 13.2. The zero-order valence-corrected chi connectivity index (χ0v) is 33.3. The zero-order chi connectivity index (χ0) is 39.4. The van der Waals surface area contributed by atoms with Crippen molar-refractivity contribution in [3.05, 3.63) is 126 Å². The van der Waals surface area contributed by atoms with Crippen molar-refractivity contribution in [1.29, 1.82) is 0 Å². The maximum absolute atomic E-state index is 15.2. The van der Waals surface area contributed by atoms with Crippen LogP contribution in [0.25, 0.3) is 0 Å².